The molecule has 0 aromatic carbocycles. The molecule has 0 unspecified atom stereocenters. The summed E-state index contributed by atoms with van der Waals surface area (Å²) in [5.74, 6) is -0.179. The van der Waals surface area contributed by atoms with E-state index in [1.165, 1.54) is 0 Å². The van der Waals surface area contributed by atoms with Crippen molar-refractivity contribution in [1.29, 1.82) is 0 Å². The van der Waals surface area contributed by atoms with E-state index in [1.54, 1.807) is 0 Å². The van der Waals surface area contributed by atoms with Gasteiger partial charge in [-0.1, -0.05) is 0 Å². The fourth-order valence-corrected chi connectivity index (χ4v) is 2.30. The maximum Gasteiger partial charge on any atom is 0.347 e. The summed E-state index contributed by atoms with van der Waals surface area (Å²) in [6.45, 7) is 0. The molecule has 116 valence electrons. The van der Waals surface area contributed by atoms with Crippen LogP contribution < -0.4 is 28.4 Å². The molecule has 0 bridgehead atoms. The molecule has 0 saturated heterocycles. The van der Waals surface area contributed by atoms with Gasteiger partial charge in [-0.05, 0) is 0 Å². The molecule has 4 aromatic rings. The highest BCUT2D eigenvalue weighted by Gasteiger charge is 2.19. The quantitative estimate of drug-likeness (QED) is 0.250. The van der Waals surface area contributed by atoms with E-state index >= 15 is 0 Å². The maximum absolute atomic E-state index is 12.2. The van der Waals surface area contributed by atoms with Crippen molar-refractivity contribution in [3.8, 4) is 0 Å². The third-order valence-corrected chi connectivity index (χ3v) is 3.23. The van der Waals surface area contributed by atoms with Gasteiger partial charge < -0.3 is 11.5 Å². The molecule has 0 aliphatic heterocycles. The first-order valence-corrected chi connectivity index (χ1v) is 6.19. The number of anilines is 2. The number of nitrogens with one attached hydrogen (secondary N) is 3. The van der Waals surface area contributed by atoms with E-state index in [4.69, 9.17) is 11.5 Å². The van der Waals surface area contributed by atoms with Crippen LogP contribution in [0.2, 0.25) is 0 Å². The lowest BCUT2D eigenvalue weighted by molar-refractivity contribution is 0.638. The van der Waals surface area contributed by atoms with Gasteiger partial charge in [0.25, 0.3) is 5.56 Å². The zero-order valence-corrected chi connectivity index (χ0v) is 11.2. The van der Waals surface area contributed by atoms with Crippen LogP contribution in [-0.2, 0) is 0 Å². The largest absolute Gasteiger partial charge is 0.382 e. The topological polar surface area (TPSA) is 199 Å². The molecule has 4 aromatic heterocycles. The lowest BCUT2D eigenvalue weighted by atomic mass is 10.5. The summed E-state index contributed by atoms with van der Waals surface area (Å²) >= 11 is 0. The molecule has 4 rings (SSSR count). The molecule has 0 spiro atoms. The summed E-state index contributed by atoms with van der Waals surface area (Å²) < 4.78 is 1.73. The summed E-state index contributed by atoms with van der Waals surface area (Å²) in [6, 6.07) is 0. The highest BCUT2D eigenvalue weighted by molar-refractivity contribution is 5.81. The molecule has 13 heteroatoms. The number of fused-ring (bicyclic) bond motifs is 2. The third kappa shape index (κ3) is 1.60. The van der Waals surface area contributed by atoms with E-state index < -0.39 is 16.9 Å². The Balaban J connectivity index is 2.25. The Morgan fingerprint density at radius 3 is 2.26 bits per heavy atom. The van der Waals surface area contributed by atoms with Gasteiger partial charge >= 0.3 is 11.4 Å². The minimum absolute atomic E-state index is 0.0315. The Kier molecular flexibility index (Phi) is 2.26. The van der Waals surface area contributed by atoms with Crippen molar-refractivity contribution in [2.45, 2.75) is 0 Å². The second-order valence-electron chi connectivity index (χ2n) is 4.59. The molecule has 4 heterocycles. The molecule has 0 amide bonds. The molecule has 0 aliphatic carbocycles. The minimum Gasteiger partial charge on any atom is -0.382 e. The third-order valence-electron chi connectivity index (χ3n) is 3.23. The molecule has 0 fully saturated rings. The Hall–Kier alpha value is -3.90. The number of imidazole rings is 2. The van der Waals surface area contributed by atoms with Gasteiger partial charge in [-0.3, -0.25) is 19.7 Å². The first-order valence-electron chi connectivity index (χ1n) is 6.19. The van der Waals surface area contributed by atoms with E-state index in [0.717, 1.165) is 15.7 Å². The van der Waals surface area contributed by atoms with Crippen LogP contribution in [0.5, 0.6) is 0 Å². The van der Waals surface area contributed by atoms with Crippen LogP contribution in [-0.4, -0.2) is 39.3 Å². The van der Waals surface area contributed by atoms with Crippen molar-refractivity contribution in [2.75, 3.05) is 11.5 Å². The Bertz CT molecular complexity index is 1250. The summed E-state index contributed by atoms with van der Waals surface area (Å²) in [7, 11) is 0. The zero-order chi connectivity index (χ0) is 16.3. The van der Waals surface area contributed by atoms with Gasteiger partial charge in [-0.25, -0.2) is 19.6 Å². The summed E-state index contributed by atoms with van der Waals surface area (Å²) in [5.41, 5.74) is 8.97. The van der Waals surface area contributed by atoms with Crippen LogP contribution in [0.3, 0.4) is 0 Å². The number of aromatic nitrogens is 8. The second kappa shape index (κ2) is 4.06. The van der Waals surface area contributed by atoms with Crippen molar-refractivity contribution < 1.29 is 0 Å². The van der Waals surface area contributed by atoms with Crippen molar-refractivity contribution in [3.05, 3.63) is 37.6 Å². The smallest absolute Gasteiger partial charge is 0.347 e. The van der Waals surface area contributed by atoms with Crippen LogP contribution in [0.25, 0.3) is 22.3 Å². The van der Waals surface area contributed by atoms with Gasteiger partial charge in [0.05, 0.1) is 0 Å². The van der Waals surface area contributed by atoms with Gasteiger partial charge in [0.1, 0.15) is 11.8 Å². The van der Waals surface area contributed by atoms with Crippen LogP contribution in [0, 0.1) is 0 Å². The van der Waals surface area contributed by atoms with Crippen molar-refractivity contribution >= 4 is 34.1 Å². The van der Waals surface area contributed by atoms with E-state index in [1.807, 2.05) is 0 Å². The van der Waals surface area contributed by atoms with E-state index in [9.17, 15) is 14.4 Å². The molecule has 23 heavy (non-hydrogen) atoms. The highest BCUT2D eigenvalue weighted by atomic mass is 16.2. The Morgan fingerprint density at radius 1 is 0.870 bits per heavy atom. The molecular weight excluding hydrogens is 308 g/mol. The summed E-state index contributed by atoms with van der Waals surface area (Å²) in [4.78, 5) is 54.8. The van der Waals surface area contributed by atoms with E-state index in [-0.39, 0.29) is 34.1 Å². The predicted octanol–water partition coefficient (Wildman–Crippen LogP) is -2.68. The monoisotopic (exact) mass is 316 g/mol. The van der Waals surface area contributed by atoms with Gasteiger partial charge in [0.15, 0.2) is 22.6 Å². The summed E-state index contributed by atoms with van der Waals surface area (Å²) in [5, 5.41) is 0. The second-order valence-corrected chi connectivity index (χ2v) is 4.59. The van der Waals surface area contributed by atoms with Crippen molar-refractivity contribution in [3.63, 3.8) is 0 Å². The first-order chi connectivity index (χ1) is 11.0. The van der Waals surface area contributed by atoms with Crippen molar-refractivity contribution in [2.24, 2.45) is 0 Å². The van der Waals surface area contributed by atoms with Gasteiger partial charge in [0, 0.05) is 0 Å². The zero-order valence-electron chi connectivity index (χ0n) is 11.2. The Labute approximate surface area is 123 Å². The van der Waals surface area contributed by atoms with E-state index in [2.05, 4.69) is 29.9 Å². The fraction of sp³-hybridized carbons (Fsp3) is 0. The number of hydrogen-bond acceptors (Lipinski definition) is 8. The maximum atomic E-state index is 12.2. The first kappa shape index (κ1) is 12.8. The molecule has 7 N–H and O–H groups in total. The number of H-pyrrole nitrogens is 3. The number of aromatic amines is 3. The van der Waals surface area contributed by atoms with Gasteiger partial charge in [-0.15, -0.1) is 0 Å². The summed E-state index contributed by atoms with van der Waals surface area (Å²) in [6.07, 6.45) is 1.13. The number of hydrogen-bond donors (Lipinski definition) is 5. The fourth-order valence-electron chi connectivity index (χ4n) is 2.30. The SMILES string of the molecule is Nc1nc2c([nH]c(=O)n2-n2c(=O)[nH]c3c(N)ncnc32)c(=O)[nH]1. The molecule has 0 radical (unpaired) electrons. The average Bonchev–Trinajstić information content (AvgIpc) is 2.97. The highest BCUT2D eigenvalue weighted by Crippen LogP contribution is 2.12. The predicted molar refractivity (Wildman–Crippen MR) is 78.7 cm³/mol. The van der Waals surface area contributed by atoms with Gasteiger partial charge in [-0.2, -0.15) is 14.3 Å². The molecular formula is C10H8N10O3. The number of nitrogen functional groups attached to an aromatic ring is 2. The number of nitrogens with zero attached hydrogens (tertiary/aromatic N) is 5. The molecule has 13 nitrogen and oxygen atoms in total. The Morgan fingerprint density at radius 2 is 1.52 bits per heavy atom. The minimum atomic E-state index is -0.774. The normalized spacial score (nSPS) is 11.5. The lowest BCUT2D eigenvalue weighted by Gasteiger charge is -2.03. The molecule has 0 aliphatic rings. The standard InChI is InChI=1S/C10H8N10O3/c11-4-2-5(14-1-13-4)19(9(22)15-2)20-6-3(16-10(20)23)7(21)18-8(12)17-6/h1H,(H,15,22)(H,16,23)(H2,11,13,14)(H3,12,17,18,21). The van der Waals surface area contributed by atoms with E-state index in [0.29, 0.717) is 0 Å². The van der Waals surface area contributed by atoms with Crippen LogP contribution in [0.1, 0.15) is 0 Å². The average molecular weight is 316 g/mol. The number of nitrogens with two attached hydrogens (primary N) is 2. The van der Waals surface area contributed by atoms with Crippen molar-refractivity contribution in [1.82, 2.24) is 39.3 Å². The lowest BCUT2D eigenvalue weighted by Crippen LogP contribution is -2.32. The number of rotatable bonds is 1. The molecule has 0 saturated carbocycles. The van der Waals surface area contributed by atoms with Crippen LogP contribution in [0.15, 0.2) is 20.7 Å². The van der Waals surface area contributed by atoms with Crippen LogP contribution >= 0.6 is 0 Å². The molecule has 0 atom stereocenters. The van der Waals surface area contributed by atoms with Gasteiger partial charge in [0.2, 0.25) is 5.95 Å². The van der Waals surface area contributed by atoms with Crippen LogP contribution in [0.4, 0.5) is 11.8 Å².